The largest absolute Gasteiger partial charge is 0.345 e. The number of amides is 1. The molecule has 5 heteroatoms. The SMILES string of the molecule is O=C(CNC(=O)c1ccc(Cl)c(Br)c1)c1ccccc1. The number of nitrogens with one attached hydrogen (secondary N) is 1. The fourth-order valence-electron chi connectivity index (χ4n) is 1.63. The van der Waals surface area contributed by atoms with Gasteiger partial charge in [0.15, 0.2) is 5.78 Å². The van der Waals surface area contributed by atoms with Gasteiger partial charge in [-0.05, 0) is 34.1 Å². The molecule has 0 aromatic heterocycles. The molecular formula is C15H11BrClNO2. The average Bonchev–Trinajstić information content (AvgIpc) is 2.48. The molecule has 2 rings (SSSR count). The van der Waals surface area contributed by atoms with Crippen LogP contribution in [0.25, 0.3) is 0 Å². The second-order valence-corrected chi connectivity index (χ2v) is 5.36. The van der Waals surface area contributed by atoms with Crippen molar-refractivity contribution in [1.82, 2.24) is 5.32 Å². The molecule has 0 bridgehead atoms. The zero-order valence-corrected chi connectivity index (χ0v) is 12.7. The molecule has 20 heavy (non-hydrogen) atoms. The molecular weight excluding hydrogens is 342 g/mol. The van der Waals surface area contributed by atoms with E-state index >= 15 is 0 Å². The van der Waals surface area contributed by atoms with Crippen molar-refractivity contribution in [3.63, 3.8) is 0 Å². The summed E-state index contributed by atoms with van der Waals surface area (Å²) in [5.74, 6) is -0.446. The van der Waals surface area contributed by atoms with E-state index in [4.69, 9.17) is 11.6 Å². The van der Waals surface area contributed by atoms with E-state index in [2.05, 4.69) is 21.2 Å². The molecule has 0 aliphatic rings. The number of hydrogen-bond donors (Lipinski definition) is 1. The quantitative estimate of drug-likeness (QED) is 0.853. The van der Waals surface area contributed by atoms with E-state index in [0.717, 1.165) is 0 Å². The summed E-state index contributed by atoms with van der Waals surface area (Å²) in [5, 5.41) is 3.12. The van der Waals surface area contributed by atoms with Crippen molar-refractivity contribution in [2.24, 2.45) is 0 Å². The molecule has 1 amide bonds. The molecule has 0 atom stereocenters. The van der Waals surface area contributed by atoms with Gasteiger partial charge in [0.25, 0.3) is 5.91 Å². The number of halogens is 2. The lowest BCUT2D eigenvalue weighted by Gasteiger charge is -2.06. The fraction of sp³-hybridized carbons (Fsp3) is 0.0667. The van der Waals surface area contributed by atoms with Crippen LogP contribution in [0, 0.1) is 0 Å². The minimum atomic E-state index is -0.313. The molecule has 0 heterocycles. The van der Waals surface area contributed by atoms with E-state index in [0.29, 0.717) is 20.6 Å². The Balaban J connectivity index is 1.98. The summed E-state index contributed by atoms with van der Waals surface area (Å²) in [6.07, 6.45) is 0. The van der Waals surface area contributed by atoms with Crippen LogP contribution < -0.4 is 5.32 Å². The highest BCUT2D eigenvalue weighted by Crippen LogP contribution is 2.23. The molecule has 3 nitrogen and oxygen atoms in total. The summed E-state index contributed by atoms with van der Waals surface area (Å²) in [6, 6.07) is 13.7. The van der Waals surface area contributed by atoms with Gasteiger partial charge >= 0.3 is 0 Å². The lowest BCUT2D eigenvalue weighted by atomic mass is 10.1. The summed E-state index contributed by atoms with van der Waals surface area (Å²) in [5.41, 5.74) is 1.02. The van der Waals surface area contributed by atoms with Gasteiger partial charge in [-0.1, -0.05) is 41.9 Å². The van der Waals surface area contributed by atoms with Crippen molar-refractivity contribution in [2.75, 3.05) is 6.54 Å². The van der Waals surface area contributed by atoms with E-state index in [1.54, 1.807) is 42.5 Å². The normalized spacial score (nSPS) is 10.1. The number of Topliss-reactive ketones (excluding diaryl/α,β-unsaturated/α-hetero) is 1. The van der Waals surface area contributed by atoms with Crippen molar-refractivity contribution in [3.05, 3.63) is 69.2 Å². The Kier molecular flexibility index (Phi) is 4.93. The summed E-state index contributed by atoms with van der Waals surface area (Å²) in [4.78, 5) is 23.8. The molecule has 1 N–H and O–H groups in total. The number of rotatable bonds is 4. The van der Waals surface area contributed by atoms with Crippen LogP contribution in [0.15, 0.2) is 53.0 Å². The standard InChI is InChI=1S/C15H11BrClNO2/c16-12-8-11(6-7-13(12)17)15(20)18-9-14(19)10-4-2-1-3-5-10/h1-8H,9H2,(H,18,20). The van der Waals surface area contributed by atoms with E-state index in [-0.39, 0.29) is 18.2 Å². The highest BCUT2D eigenvalue weighted by Gasteiger charge is 2.10. The Morgan fingerprint density at radius 3 is 2.40 bits per heavy atom. The van der Waals surface area contributed by atoms with E-state index < -0.39 is 0 Å². The lowest BCUT2D eigenvalue weighted by Crippen LogP contribution is -2.29. The molecule has 0 aliphatic carbocycles. The van der Waals surface area contributed by atoms with Crippen LogP contribution in [-0.4, -0.2) is 18.2 Å². The van der Waals surface area contributed by atoms with Gasteiger partial charge in [0.1, 0.15) is 0 Å². The monoisotopic (exact) mass is 351 g/mol. The van der Waals surface area contributed by atoms with Gasteiger partial charge in [0.05, 0.1) is 11.6 Å². The third-order valence-corrected chi connectivity index (χ3v) is 3.90. The zero-order valence-electron chi connectivity index (χ0n) is 10.4. The second-order valence-electron chi connectivity index (χ2n) is 4.10. The van der Waals surface area contributed by atoms with Gasteiger partial charge < -0.3 is 5.32 Å². The van der Waals surface area contributed by atoms with Gasteiger partial charge in [-0.25, -0.2) is 0 Å². The zero-order chi connectivity index (χ0) is 14.5. The first-order valence-electron chi connectivity index (χ1n) is 5.89. The Bertz CT molecular complexity index is 644. The van der Waals surface area contributed by atoms with Crippen LogP contribution in [0.1, 0.15) is 20.7 Å². The smallest absolute Gasteiger partial charge is 0.251 e. The van der Waals surface area contributed by atoms with Crippen molar-refractivity contribution in [2.45, 2.75) is 0 Å². The minimum Gasteiger partial charge on any atom is -0.345 e. The maximum Gasteiger partial charge on any atom is 0.251 e. The maximum absolute atomic E-state index is 11.9. The highest BCUT2D eigenvalue weighted by molar-refractivity contribution is 9.10. The Morgan fingerprint density at radius 1 is 1.05 bits per heavy atom. The molecule has 2 aromatic rings. The first-order valence-corrected chi connectivity index (χ1v) is 7.06. The van der Waals surface area contributed by atoms with Gasteiger partial charge in [-0.15, -0.1) is 0 Å². The summed E-state index contributed by atoms with van der Waals surface area (Å²) < 4.78 is 0.640. The predicted octanol–water partition coefficient (Wildman–Crippen LogP) is 3.72. The summed E-state index contributed by atoms with van der Waals surface area (Å²) >= 11 is 9.11. The first kappa shape index (κ1) is 14.8. The first-order chi connectivity index (χ1) is 9.58. The van der Waals surface area contributed by atoms with Crippen LogP contribution in [0.2, 0.25) is 5.02 Å². The molecule has 0 saturated carbocycles. The van der Waals surface area contributed by atoms with Gasteiger partial charge in [-0.3, -0.25) is 9.59 Å². The Hall–Kier alpha value is -1.65. The van der Waals surface area contributed by atoms with Gasteiger partial charge in [-0.2, -0.15) is 0 Å². The molecule has 2 aromatic carbocycles. The molecule has 0 unspecified atom stereocenters. The molecule has 102 valence electrons. The second kappa shape index (κ2) is 6.68. The molecule has 0 aliphatic heterocycles. The molecule has 0 fully saturated rings. The maximum atomic E-state index is 11.9. The van der Waals surface area contributed by atoms with Gasteiger partial charge in [0, 0.05) is 15.6 Å². The lowest BCUT2D eigenvalue weighted by molar-refractivity contribution is 0.0904. The van der Waals surface area contributed by atoms with Crippen molar-refractivity contribution < 1.29 is 9.59 Å². The summed E-state index contributed by atoms with van der Waals surface area (Å²) in [7, 11) is 0. The Labute approximate surface area is 130 Å². The van der Waals surface area contributed by atoms with Crippen LogP contribution in [0.3, 0.4) is 0 Å². The van der Waals surface area contributed by atoms with Crippen LogP contribution in [-0.2, 0) is 0 Å². The number of ketones is 1. The number of benzene rings is 2. The van der Waals surface area contributed by atoms with Crippen molar-refractivity contribution >= 4 is 39.2 Å². The summed E-state index contributed by atoms with van der Waals surface area (Å²) in [6.45, 7) is -0.0386. The minimum absolute atomic E-state index is 0.0386. The van der Waals surface area contributed by atoms with Crippen LogP contribution in [0.4, 0.5) is 0 Å². The fourth-order valence-corrected chi connectivity index (χ4v) is 2.12. The van der Waals surface area contributed by atoms with Gasteiger partial charge in [0.2, 0.25) is 0 Å². The third-order valence-electron chi connectivity index (χ3n) is 2.69. The van der Waals surface area contributed by atoms with Crippen LogP contribution in [0.5, 0.6) is 0 Å². The number of hydrogen-bond acceptors (Lipinski definition) is 2. The molecule has 0 saturated heterocycles. The van der Waals surface area contributed by atoms with E-state index in [1.807, 2.05) is 6.07 Å². The molecule has 0 radical (unpaired) electrons. The Morgan fingerprint density at radius 2 is 1.75 bits per heavy atom. The van der Waals surface area contributed by atoms with Crippen molar-refractivity contribution in [3.8, 4) is 0 Å². The topological polar surface area (TPSA) is 46.2 Å². The molecule has 0 spiro atoms. The number of carbonyl (C=O) groups is 2. The van der Waals surface area contributed by atoms with Crippen LogP contribution >= 0.6 is 27.5 Å². The van der Waals surface area contributed by atoms with E-state index in [9.17, 15) is 9.59 Å². The number of carbonyl (C=O) groups excluding carboxylic acids is 2. The average molecular weight is 353 g/mol. The van der Waals surface area contributed by atoms with E-state index in [1.165, 1.54) is 0 Å². The predicted molar refractivity (Wildman–Crippen MR) is 82.3 cm³/mol. The third kappa shape index (κ3) is 3.68. The van der Waals surface area contributed by atoms with Crippen molar-refractivity contribution in [1.29, 1.82) is 0 Å². The highest BCUT2D eigenvalue weighted by atomic mass is 79.9.